The molecule has 0 unspecified atom stereocenters. The highest BCUT2D eigenvalue weighted by atomic mass is 35.5. The van der Waals surface area contributed by atoms with Crippen molar-refractivity contribution in [3.05, 3.63) is 47.4 Å². The Morgan fingerprint density at radius 3 is 2.77 bits per heavy atom. The zero-order chi connectivity index (χ0) is 15.9. The van der Waals surface area contributed by atoms with E-state index in [-0.39, 0.29) is 5.91 Å². The molecule has 6 heteroatoms. The highest BCUT2D eigenvalue weighted by Gasteiger charge is 2.13. The van der Waals surface area contributed by atoms with Crippen LogP contribution < -0.4 is 5.32 Å². The third kappa shape index (κ3) is 4.43. The molecule has 1 amide bonds. The second-order valence-corrected chi connectivity index (χ2v) is 5.44. The smallest absolute Gasteiger partial charge is 0.273 e. The molecule has 0 atom stereocenters. The van der Waals surface area contributed by atoms with Gasteiger partial charge in [-0.25, -0.2) is 9.97 Å². The van der Waals surface area contributed by atoms with E-state index in [1.807, 2.05) is 12.1 Å². The Hall–Kier alpha value is -2.14. The van der Waals surface area contributed by atoms with Crippen LogP contribution in [0.4, 0.5) is 11.5 Å². The van der Waals surface area contributed by atoms with Crippen molar-refractivity contribution in [2.75, 3.05) is 18.9 Å². The molecule has 116 valence electrons. The Morgan fingerprint density at radius 2 is 2.14 bits per heavy atom. The van der Waals surface area contributed by atoms with Crippen LogP contribution in [0, 0.1) is 0 Å². The Balaban J connectivity index is 2.02. The summed E-state index contributed by atoms with van der Waals surface area (Å²) in [5.74, 6) is 0.449. The molecular weight excluding hydrogens is 300 g/mol. The Morgan fingerprint density at radius 1 is 1.32 bits per heavy atom. The molecule has 0 aliphatic carbocycles. The largest absolute Gasteiger partial charge is 0.340 e. The number of nitrogens with zero attached hydrogens (tertiary/aromatic N) is 3. The van der Waals surface area contributed by atoms with Gasteiger partial charge in [0, 0.05) is 24.3 Å². The maximum absolute atomic E-state index is 12.2. The summed E-state index contributed by atoms with van der Waals surface area (Å²) >= 11 is 5.93. The highest BCUT2D eigenvalue weighted by Crippen LogP contribution is 2.18. The molecule has 1 aromatic carbocycles. The second-order valence-electron chi connectivity index (χ2n) is 5.00. The standard InChI is InChI=1S/C16H19ClN4O/c1-3-4-8-21(2)16(22)14-10-19-15(11-18-14)20-13-7-5-6-12(17)9-13/h5-7,9-11H,3-4,8H2,1-2H3,(H,19,20). The Labute approximate surface area is 135 Å². The van der Waals surface area contributed by atoms with E-state index in [0.717, 1.165) is 25.1 Å². The number of carbonyl (C=O) groups excluding carboxylic acids is 1. The number of carbonyl (C=O) groups is 1. The molecule has 22 heavy (non-hydrogen) atoms. The van der Waals surface area contributed by atoms with Crippen LogP contribution in [0.3, 0.4) is 0 Å². The number of rotatable bonds is 6. The van der Waals surface area contributed by atoms with E-state index < -0.39 is 0 Å². The summed E-state index contributed by atoms with van der Waals surface area (Å²) in [4.78, 5) is 22.2. The quantitative estimate of drug-likeness (QED) is 0.881. The van der Waals surface area contributed by atoms with Gasteiger partial charge in [-0.1, -0.05) is 31.0 Å². The van der Waals surface area contributed by atoms with Gasteiger partial charge in [-0.15, -0.1) is 0 Å². The zero-order valence-corrected chi connectivity index (χ0v) is 13.5. The number of aromatic nitrogens is 2. The molecule has 1 heterocycles. The average Bonchev–Trinajstić information content (AvgIpc) is 2.52. The van der Waals surface area contributed by atoms with Crippen molar-refractivity contribution in [1.29, 1.82) is 0 Å². The van der Waals surface area contributed by atoms with Crippen molar-refractivity contribution >= 4 is 29.0 Å². The van der Waals surface area contributed by atoms with Gasteiger partial charge in [-0.05, 0) is 24.6 Å². The SMILES string of the molecule is CCCCN(C)C(=O)c1cnc(Nc2cccc(Cl)c2)cn1. The molecular formula is C16H19ClN4O. The number of nitrogens with one attached hydrogen (secondary N) is 1. The number of hydrogen-bond acceptors (Lipinski definition) is 4. The van der Waals surface area contributed by atoms with Crippen LogP contribution in [0.25, 0.3) is 0 Å². The number of benzene rings is 1. The molecule has 0 saturated heterocycles. The highest BCUT2D eigenvalue weighted by molar-refractivity contribution is 6.30. The van der Waals surface area contributed by atoms with Gasteiger partial charge in [0.2, 0.25) is 0 Å². The van der Waals surface area contributed by atoms with Gasteiger partial charge >= 0.3 is 0 Å². The predicted octanol–water partition coefficient (Wildman–Crippen LogP) is 3.75. The lowest BCUT2D eigenvalue weighted by Crippen LogP contribution is -2.28. The molecule has 1 N–H and O–H groups in total. The average molecular weight is 319 g/mol. The minimum absolute atomic E-state index is 0.116. The van der Waals surface area contributed by atoms with Crippen LogP contribution >= 0.6 is 11.6 Å². The van der Waals surface area contributed by atoms with Gasteiger partial charge in [0.05, 0.1) is 12.4 Å². The Kier molecular flexibility index (Phi) is 5.72. The van der Waals surface area contributed by atoms with Crippen LogP contribution in [-0.2, 0) is 0 Å². The van der Waals surface area contributed by atoms with Crippen LogP contribution in [0.1, 0.15) is 30.3 Å². The summed E-state index contributed by atoms with van der Waals surface area (Å²) in [6.45, 7) is 2.81. The lowest BCUT2D eigenvalue weighted by atomic mass is 10.3. The number of anilines is 2. The second kappa shape index (κ2) is 7.75. The molecule has 0 radical (unpaired) electrons. The minimum atomic E-state index is -0.116. The summed E-state index contributed by atoms with van der Waals surface area (Å²) in [6, 6.07) is 7.32. The van der Waals surface area contributed by atoms with Crippen LogP contribution in [0.2, 0.25) is 5.02 Å². The van der Waals surface area contributed by atoms with Gasteiger partial charge in [0.25, 0.3) is 5.91 Å². The lowest BCUT2D eigenvalue weighted by Gasteiger charge is -2.16. The molecule has 0 bridgehead atoms. The van der Waals surface area contributed by atoms with E-state index in [9.17, 15) is 4.79 Å². The van der Waals surface area contributed by atoms with E-state index in [0.29, 0.717) is 16.5 Å². The van der Waals surface area contributed by atoms with Gasteiger partial charge in [0.15, 0.2) is 0 Å². The summed E-state index contributed by atoms with van der Waals surface area (Å²) in [5, 5.41) is 3.73. The monoisotopic (exact) mass is 318 g/mol. The van der Waals surface area contributed by atoms with Crippen LogP contribution in [-0.4, -0.2) is 34.4 Å². The molecule has 0 fully saturated rings. The van der Waals surface area contributed by atoms with Crippen molar-refractivity contribution in [2.45, 2.75) is 19.8 Å². The van der Waals surface area contributed by atoms with Gasteiger partial charge < -0.3 is 10.2 Å². The summed E-state index contributed by atoms with van der Waals surface area (Å²) in [5.41, 5.74) is 1.16. The van der Waals surface area contributed by atoms with Crippen LogP contribution in [0.5, 0.6) is 0 Å². The van der Waals surface area contributed by atoms with Crippen molar-refractivity contribution < 1.29 is 4.79 Å². The number of hydrogen-bond donors (Lipinski definition) is 1. The zero-order valence-electron chi connectivity index (χ0n) is 12.7. The lowest BCUT2D eigenvalue weighted by molar-refractivity contribution is 0.0787. The van der Waals surface area contributed by atoms with E-state index in [2.05, 4.69) is 22.2 Å². The number of amides is 1. The molecule has 1 aromatic heterocycles. The summed E-state index contributed by atoms with van der Waals surface area (Å²) in [7, 11) is 1.78. The normalized spacial score (nSPS) is 10.3. The molecule has 0 aliphatic heterocycles. The van der Waals surface area contributed by atoms with Crippen molar-refractivity contribution in [3.63, 3.8) is 0 Å². The van der Waals surface area contributed by atoms with Crippen molar-refractivity contribution in [1.82, 2.24) is 14.9 Å². The van der Waals surface area contributed by atoms with Gasteiger partial charge in [-0.2, -0.15) is 0 Å². The van der Waals surface area contributed by atoms with E-state index >= 15 is 0 Å². The summed E-state index contributed by atoms with van der Waals surface area (Å²) < 4.78 is 0. The molecule has 0 spiro atoms. The first-order valence-corrected chi connectivity index (χ1v) is 7.58. The maximum atomic E-state index is 12.2. The van der Waals surface area contributed by atoms with E-state index in [1.54, 1.807) is 30.3 Å². The molecule has 2 rings (SSSR count). The number of halogens is 1. The van der Waals surface area contributed by atoms with Gasteiger partial charge in [0.1, 0.15) is 11.5 Å². The third-order valence-corrected chi connectivity index (χ3v) is 3.40. The first-order chi connectivity index (χ1) is 10.6. The first kappa shape index (κ1) is 16.2. The fourth-order valence-electron chi connectivity index (χ4n) is 1.91. The fourth-order valence-corrected chi connectivity index (χ4v) is 2.10. The maximum Gasteiger partial charge on any atom is 0.273 e. The van der Waals surface area contributed by atoms with Crippen molar-refractivity contribution in [3.8, 4) is 0 Å². The molecule has 2 aromatic rings. The van der Waals surface area contributed by atoms with Gasteiger partial charge in [-0.3, -0.25) is 4.79 Å². The molecule has 0 saturated carbocycles. The fraction of sp³-hybridized carbons (Fsp3) is 0.312. The summed E-state index contributed by atoms with van der Waals surface area (Å²) in [6.07, 6.45) is 5.05. The van der Waals surface area contributed by atoms with Crippen molar-refractivity contribution in [2.24, 2.45) is 0 Å². The topological polar surface area (TPSA) is 58.1 Å². The third-order valence-electron chi connectivity index (χ3n) is 3.16. The molecule has 0 aliphatic rings. The molecule has 5 nitrogen and oxygen atoms in total. The number of unbranched alkanes of at least 4 members (excludes halogenated alkanes) is 1. The predicted molar refractivity (Wildman–Crippen MR) is 88.6 cm³/mol. The minimum Gasteiger partial charge on any atom is -0.340 e. The Bertz CT molecular complexity index is 630. The van der Waals surface area contributed by atoms with Crippen LogP contribution in [0.15, 0.2) is 36.7 Å². The first-order valence-electron chi connectivity index (χ1n) is 7.20. The van der Waals surface area contributed by atoms with E-state index in [1.165, 1.54) is 6.20 Å². The van der Waals surface area contributed by atoms with E-state index in [4.69, 9.17) is 11.6 Å².